The lowest BCUT2D eigenvalue weighted by Crippen LogP contribution is -2.44. The molecule has 0 bridgehead atoms. The van der Waals surface area contributed by atoms with Crippen LogP contribution in [0.4, 0.5) is 5.13 Å². The number of fused-ring (bicyclic) bond motifs is 1. The molecule has 0 amide bonds. The van der Waals surface area contributed by atoms with Gasteiger partial charge in [0.1, 0.15) is 6.33 Å². The van der Waals surface area contributed by atoms with Gasteiger partial charge in [-0.3, -0.25) is 0 Å². The molecule has 3 rings (SSSR count). The van der Waals surface area contributed by atoms with Crippen molar-refractivity contribution in [3.8, 4) is 0 Å². The van der Waals surface area contributed by atoms with Gasteiger partial charge in [0.2, 0.25) is 5.13 Å². The zero-order valence-corrected chi connectivity index (χ0v) is 9.92. The van der Waals surface area contributed by atoms with Crippen molar-refractivity contribution in [2.24, 2.45) is 11.8 Å². The van der Waals surface area contributed by atoms with E-state index in [2.05, 4.69) is 33.4 Å². The second kappa shape index (κ2) is 3.15. The minimum Gasteiger partial charge on any atom is -0.341 e. The van der Waals surface area contributed by atoms with Crippen molar-refractivity contribution < 1.29 is 0 Å². The summed E-state index contributed by atoms with van der Waals surface area (Å²) in [6.45, 7) is 8.08. The van der Waals surface area contributed by atoms with E-state index >= 15 is 0 Å². The summed E-state index contributed by atoms with van der Waals surface area (Å²) >= 11 is 1.51. The van der Waals surface area contributed by atoms with E-state index in [4.69, 9.17) is 0 Å². The Kier molecular flexibility index (Phi) is 2.01. The van der Waals surface area contributed by atoms with Crippen LogP contribution in [0, 0.1) is 11.8 Å². The Hall–Kier alpha value is -0.680. The predicted molar refractivity (Wildman–Crippen MR) is 61.2 cm³/mol. The van der Waals surface area contributed by atoms with E-state index in [1.165, 1.54) is 11.5 Å². The number of rotatable bonds is 1. The van der Waals surface area contributed by atoms with Gasteiger partial charge in [0, 0.05) is 36.7 Å². The van der Waals surface area contributed by atoms with Crippen LogP contribution in [-0.2, 0) is 0 Å². The van der Waals surface area contributed by atoms with Gasteiger partial charge in [-0.25, -0.2) is 4.98 Å². The average Bonchev–Trinajstić information content (AvgIpc) is 2.86. The molecular weight excluding hydrogens is 208 g/mol. The van der Waals surface area contributed by atoms with E-state index in [1.54, 1.807) is 6.33 Å². The highest BCUT2D eigenvalue weighted by atomic mass is 32.1. The largest absolute Gasteiger partial charge is 0.341 e. The molecule has 2 aliphatic heterocycles. The molecule has 0 radical (unpaired) electrons. The van der Waals surface area contributed by atoms with Crippen LogP contribution in [0.5, 0.6) is 0 Å². The van der Waals surface area contributed by atoms with Gasteiger partial charge in [0.15, 0.2) is 0 Å². The average molecular weight is 224 g/mol. The Morgan fingerprint density at radius 3 is 3.07 bits per heavy atom. The molecule has 2 saturated heterocycles. The Morgan fingerprint density at radius 1 is 1.53 bits per heavy atom. The van der Waals surface area contributed by atoms with Crippen LogP contribution in [0.15, 0.2) is 6.33 Å². The molecule has 3 heterocycles. The normalized spacial score (nSPS) is 33.3. The fourth-order valence-corrected chi connectivity index (χ4v) is 3.72. The van der Waals surface area contributed by atoms with E-state index in [9.17, 15) is 0 Å². The highest BCUT2D eigenvalue weighted by Crippen LogP contribution is 2.43. The first-order valence-corrected chi connectivity index (χ1v) is 6.22. The topological polar surface area (TPSA) is 41.0 Å². The lowest BCUT2D eigenvalue weighted by atomic mass is 9.85. The van der Waals surface area contributed by atoms with Crippen molar-refractivity contribution in [2.75, 3.05) is 24.5 Å². The first-order valence-electron chi connectivity index (χ1n) is 5.44. The molecule has 4 nitrogen and oxygen atoms in total. The van der Waals surface area contributed by atoms with E-state index < -0.39 is 0 Å². The molecule has 1 N–H and O–H groups in total. The molecule has 15 heavy (non-hydrogen) atoms. The standard InChI is InChI=1S/C10H16N4S/c1-10(2)8-4-11-3-7(8)5-14(10)9-12-6-13-15-9/h6-8,11H,3-5H2,1-2H3. The SMILES string of the molecule is CC1(C)C2CNCC2CN1c1ncns1. The van der Waals surface area contributed by atoms with Crippen LogP contribution in [0.3, 0.4) is 0 Å². The molecule has 2 unspecified atom stereocenters. The number of hydrogen-bond donors (Lipinski definition) is 1. The van der Waals surface area contributed by atoms with Crippen molar-refractivity contribution >= 4 is 16.7 Å². The Morgan fingerprint density at radius 2 is 2.40 bits per heavy atom. The summed E-state index contributed by atoms with van der Waals surface area (Å²) in [5.74, 6) is 1.53. The van der Waals surface area contributed by atoms with Gasteiger partial charge in [-0.05, 0) is 25.7 Å². The monoisotopic (exact) mass is 224 g/mol. The summed E-state index contributed by atoms with van der Waals surface area (Å²) in [4.78, 5) is 6.77. The second-order valence-electron chi connectivity index (χ2n) is 5.01. The molecule has 0 saturated carbocycles. The number of anilines is 1. The number of nitrogens with zero attached hydrogens (tertiary/aromatic N) is 3. The van der Waals surface area contributed by atoms with Gasteiger partial charge < -0.3 is 10.2 Å². The van der Waals surface area contributed by atoms with Gasteiger partial charge in [0.05, 0.1) is 0 Å². The maximum absolute atomic E-state index is 4.33. The number of nitrogens with one attached hydrogen (secondary N) is 1. The summed E-state index contributed by atoms with van der Waals surface area (Å²) < 4.78 is 4.10. The molecule has 82 valence electrons. The lowest BCUT2D eigenvalue weighted by Gasteiger charge is -2.35. The van der Waals surface area contributed by atoms with Crippen LogP contribution in [0.1, 0.15) is 13.8 Å². The van der Waals surface area contributed by atoms with Crippen LogP contribution < -0.4 is 10.2 Å². The van der Waals surface area contributed by atoms with Crippen molar-refractivity contribution in [1.82, 2.24) is 14.7 Å². The molecule has 2 fully saturated rings. The third kappa shape index (κ3) is 1.29. The zero-order valence-electron chi connectivity index (χ0n) is 9.10. The van der Waals surface area contributed by atoms with E-state index in [0.29, 0.717) is 0 Å². The quantitative estimate of drug-likeness (QED) is 0.772. The third-order valence-corrected chi connectivity index (χ3v) is 4.63. The van der Waals surface area contributed by atoms with E-state index in [1.807, 2.05) is 0 Å². The number of aromatic nitrogens is 2. The van der Waals surface area contributed by atoms with Gasteiger partial charge in [0.25, 0.3) is 0 Å². The molecule has 0 spiro atoms. The molecule has 0 aliphatic carbocycles. The van der Waals surface area contributed by atoms with Crippen molar-refractivity contribution in [1.29, 1.82) is 0 Å². The predicted octanol–water partition coefficient (Wildman–Crippen LogP) is 0.972. The minimum absolute atomic E-state index is 0.216. The highest BCUT2D eigenvalue weighted by molar-refractivity contribution is 7.09. The number of hydrogen-bond acceptors (Lipinski definition) is 5. The summed E-state index contributed by atoms with van der Waals surface area (Å²) in [5.41, 5.74) is 0.216. The summed E-state index contributed by atoms with van der Waals surface area (Å²) in [6, 6.07) is 0. The highest BCUT2D eigenvalue weighted by Gasteiger charge is 2.50. The molecule has 2 atom stereocenters. The van der Waals surface area contributed by atoms with Crippen molar-refractivity contribution in [3.05, 3.63) is 6.33 Å². The van der Waals surface area contributed by atoms with Crippen LogP contribution in [-0.4, -0.2) is 34.5 Å². The molecule has 1 aromatic rings. The van der Waals surface area contributed by atoms with Crippen LogP contribution in [0.25, 0.3) is 0 Å². The first-order chi connectivity index (χ1) is 7.19. The summed E-state index contributed by atoms with van der Waals surface area (Å²) in [7, 11) is 0. The summed E-state index contributed by atoms with van der Waals surface area (Å²) in [5, 5.41) is 4.56. The van der Waals surface area contributed by atoms with Gasteiger partial charge >= 0.3 is 0 Å². The first kappa shape index (κ1) is 9.54. The Labute approximate surface area is 93.9 Å². The second-order valence-corrected chi connectivity index (χ2v) is 5.77. The molecule has 2 aliphatic rings. The fourth-order valence-electron chi connectivity index (χ4n) is 3.03. The zero-order chi connectivity index (χ0) is 10.5. The van der Waals surface area contributed by atoms with Gasteiger partial charge in [-0.2, -0.15) is 4.37 Å². The van der Waals surface area contributed by atoms with E-state index in [0.717, 1.165) is 36.6 Å². The summed E-state index contributed by atoms with van der Waals surface area (Å²) in [6.07, 6.45) is 1.66. The Bertz CT molecular complexity index is 348. The fraction of sp³-hybridized carbons (Fsp3) is 0.800. The molecule has 1 aromatic heterocycles. The Balaban J connectivity index is 1.93. The van der Waals surface area contributed by atoms with Crippen molar-refractivity contribution in [3.63, 3.8) is 0 Å². The maximum Gasteiger partial charge on any atom is 0.205 e. The van der Waals surface area contributed by atoms with Gasteiger partial charge in [-0.15, -0.1) is 0 Å². The molecule has 0 aromatic carbocycles. The molecular formula is C10H16N4S. The van der Waals surface area contributed by atoms with Crippen molar-refractivity contribution in [2.45, 2.75) is 19.4 Å². The lowest BCUT2D eigenvalue weighted by molar-refractivity contribution is 0.357. The molecule has 5 heteroatoms. The smallest absolute Gasteiger partial charge is 0.205 e. The van der Waals surface area contributed by atoms with Crippen LogP contribution in [0.2, 0.25) is 0 Å². The minimum atomic E-state index is 0.216. The maximum atomic E-state index is 4.33. The van der Waals surface area contributed by atoms with Crippen LogP contribution >= 0.6 is 11.5 Å². The van der Waals surface area contributed by atoms with Gasteiger partial charge in [-0.1, -0.05) is 0 Å². The third-order valence-electron chi connectivity index (χ3n) is 3.94. The van der Waals surface area contributed by atoms with E-state index in [-0.39, 0.29) is 5.54 Å².